The zero-order valence-corrected chi connectivity index (χ0v) is 12.7. The van der Waals surface area contributed by atoms with Crippen LogP contribution in [0.4, 0.5) is 0 Å². The fraction of sp³-hybridized carbons (Fsp3) is 0.375. The molecule has 0 fully saturated rings. The molecule has 5 heteroatoms. The Kier molecular flexibility index (Phi) is 6.46. The quantitative estimate of drug-likeness (QED) is 0.456. The number of guanidine groups is 1. The number of amides is 1. The summed E-state index contributed by atoms with van der Waals surface area (Å²) in [5.41, 5.74) is 13.4. The molecule has 0 spiro atoms. The molecule has 1 aromatic rings. The average molecular weight is 289 g/mol. The van der Waals surface area contributed by atoms with Gasteiger partial charge in [-0.05, 0) is 24.5 Å². The van der Waals surface area contributed by atoms with Gasteiger partial charge in [0.05, 0.1) is 13.0 Å². The number of nitrogens with zero attached hydrogens (tertiary/aromatic N) is 1. The minimum Gasteiger partial charge on any atom is -0.494 e. The standard InChI is InChI=1S/C16H23N3O2/c1-4-6-13-9-12(10-15(20)19-16(17)18)7-8-14(13)11(3)21-5-2/h7-9H,3-6,10H2,1-2H3,(H4,17,18,19,20). The lowest BCUT2D eigenvalue weighted by Crippen LogP contribution is -2.24. The second kappa shape index (κ2) is 8.09. The summed E-state index contributed by atoms with van der Waals surface area (Å²) in [6.45, 7) is 8.55. The van der Waals surface area contributed by atoms with Crippen LogP contribution in [0.3, 0.4) is 0 Å². The number of carbonyl (C=O) groups is 1. The SMILES string of the molecule is C=C(OCC)c1ccc(CC(=O)N=C(N)N)cc1CCC. The van der Waals surface area contributed by atoms with E-state index < -0.39 is 0 Å². The molecule has 0 aliphatic rings. The summed E-state index contributed by atoms with van der Waals surface area (Å²) in [5.74, 6) is 0.0898. The van der Waals surface area contributed by atoms with Gasteiger partial charge in [-0.2, -0.15) is 4.99 Å². The molecule has 1 rings (SSSR count). The number of aliphatic imine (C=N–C) groups is 1. The normalized spacial score (nSPS) is 10.0. The van der Waals surface area contributed by atoms with E-state index in [0.29, 0.717) is 12.4 Å². The van der Waals surface area contributed by atoms with Crippen LogP contribution in [0.1, 0.15) is 37.0 Å². The van der Waals surface area contributed by atoms with Gasteiger partial charge in [-0.25, -0.2) is 0 Å². The topological polar surface area (TPSA) is 90.7 Å². The molecule has 0 radical (unpaired) electrons. The van der Waals surface area contributed by atoms with Crippen LogP contribution in [0.15, 0.2) is 29.8 Å². The lowest BCUT2D eigenvalue weighted by Gasteiger charge is -2.13. The Labute approximate surface area is 125 Å². The van der Waals surface area contributed by atoms with Crippen LogP contribution in [0.2, 0.25) is 0 Å². The van der Waals surface area contributed by atoms with Gasteiger partial charge < -0.3 is 16.2 Å². The van der Waals surface area contributed by atoms with Crippen molar-refractivity contribution in [3.05, 3.63) is 41.5 Å². The molecule has 0 atom stereocenters. The number of carbonyl (C=O) groups excluding carboxylic acids is 1. The molecular formula is C16H23N3O2. The van der Waals surface area contributed by atoms with Crippen LogP contribution in [-0.2, 0) is 22.4 Å². The van der Waals surface area contributed by atoms with E-state index in [1.54, 1.807) is 0 Å². The van der Waals surface area contributed by atoms with Crippen LogP contribution in [-0.4, -0.2) is 18.5 Å². The van der Waals surface area contributed by atoms with Gasteiger partial charge in [-0.15, -0.1) is 0 Å². The smallest absolute Gasteiger partial charge is 0.253 e. The molecule has 0 unspecified atom stereocenters. The Balaban J connectivity index is 3.00. The first-order valence-corrected chi connectivity index (χ1v) is 7.04. The van der Waals surface area contributed by atoms with E-state index in [2.05, 4.69) is 18.5 Å². The van der Waals surface area contributed by atoms with E-state index in [1.165, 1.54) is 0 Å². The fourth-order valence-electron chi connectivity index (χ4n) is 2.12. The highest BCUT2D eigenvalue weighted by Gasteiger charge is 2.10. The number of benzene rings is 1. The predicted molar refractivity (Wildman–Crippen MR) is 85.6 cm³/mol. The second-order valence-corrected chi connectivity index (χ2v) is 4.70. The first-order valence-electron chi connectivity index (χ1n) is 7.04. The molecule has 5 nitrogen and oxygen atoms in total. The molecule has 0 aromatic heterocycles. The average Bonchev–Trinajstić information content (AvgIpc) is 2.38. The van der Waals surface area contributed by atoms with E-state index >= 15 is 0 Å². The van der Waals surface area contributed by atoms with E-state index in [4.69, 9.17) is 16.2 Å². The Morgan fingerprint density at radius 1 is 1.33 bits per heavy atom. The molecule has 0 saturated carbocycles. The van der Waals surface area contributed by atoms with Crippen molar-refractivity contribution in [2.45, 2.75) is 33.1 Å². The van der Waals surface area contributed by atoms with Crippen LogP contribution in [0.5, 0.6) is 0 Å². The van der Waals surface area contributed by atoms with E-state index in [0.717, 1.165) is 29.5 Å². The Bertz CT molecular complexity index is 546. The van der Waals surface area contributed by atoms with Crippen molar-refractivity contribution < 1.29 is 9.53 Å². The highest BCUT2D eigenvalue weighted by atomic mass is 16.5. The summed E-state index contributed by atoms with van der Waals surface area (Å²) < 4.78 is 5.47. The van der Waals surface area contributed by atoms with Crippen molar-refractivity contribution in [2.24, 2.45) is 16.5 Å². The molecule has 1 amide bonds. The summed E-state index contributed by atoms with van der Waals surface area (Å²) in [4.78, 5) is 15.1. The number of hydrogen-bond donors (Lipinski definition) is 2. The van der Waals surface area contributed by atoms with Crippen LogP contribution >= 0.6 is 0 Å². The highest BCUT2D eigenvalue weighted by Crippen LogP contribution is 2.22. The van der Waals surface area contributed by atoms with E-state index in [-0.39, 0.29) is 18.3 Å². The molecule has 0 aliphatic carbocycles. The van der Waals surface area contributed by atoms with Gasteiger partial charge in [0.1, 0.15) is 5.76 Å². The van der Waals surface area contributed by atoms with Gasteiger partial charge in [0.15, 0.2) is 5.96 Å². The van der Waals surface area contributed by atoms with Gasteiger partial charge >= 0.3 is 0 Å². The summed E-state index contributed by atoms with van der Waals surface area (Å²) in [5, 5.41) is 0. The molecule has 21 heavy (non-hydrogen) atoms. The third-order valence-corrected chi connectivity index (χ3v) is 2.92. The van der Waals surface area contributed by atoms with Crippen LogP contribution < -0.4 is 11.5 Å². The van der Waals surface area contributed by atoms with Crippen molar-refractivity contribution in [3.8, 4) is 0 Å². The zero-order valence-electron chi connectivity index (χ0n) is 12.7. The molecule has 114 valence electrons. The maximum Gasteiger partial charge on any atom is 0.253 e. The maximum absolute atomic E-state index is 11.6. The third-order valence-electron chi connectivity index (χ3n) is 2.92. The van der Waals surface area contributed by atoms with Crippen LogP contribution in [0, 0.1) is 0 Å². The van der Waals surface area contributed by atoms with Gasteiger partial charge in [0.2, 0.25) is 0 Å². The van der Waals surface area contributed by atoms with Gasteiger partial charge in [0.25, 0.3) is 5.91 Å². The van der Waals surface area contributed by atoms with Crippen molar-refractivity contribution >= 4 is 17.6 Å². The number of rotatable bonds is 7. The number of ether oxygens (including phenoxy) is 1. The number of hydrogen-bond acceptors (Lipinski definition) is 2. The summed E-state index contributed by atoms with van der Waals surface area (Å²) in [6.07, 6.45) is 2.07. The maximum atomic E-state index is 11.6. The summed E-state index contributed by atoms with van der Waals surface area (Å²) in [6, 6.07) is 5.79. The summed E-state index contributed by atoms with van der Waals surface area (Å²) in [7, 11) is 0. The van der Waals surface area contributed by atoms with Gasteiger partial charge in [0, 0.05) is 5.56 Å². The molecule has 1 aromatic carbocycles. The Morgan fingerprint density at radius 3 is 2.62 bits per heavy atom. The molecular weight excluding hydrogens is 266 g/mol. The highest BCUT2D eigenvalue weighted by molar-refractivity contribution is 5.92. The molecule has 0 saturated heterocycles. The number of nitrogens with two attached hydrogens (primary N) is 2. The van der Waals surface area contributed by atoms with Crippen LogP contribution in [0.25, 0.3) is 5.76 Å². The minimum atomic E-state index is -0.353. The predicted octanol–water partition coefficient (Wildman–Crippen LogP) is 1.99. The Morgan fingerprint density at radius 2 is 2.05 bits per heavy atom. The molecule has 0 heterocycles. The second-order valence-electron chi connectivity index (χ2n) is 4.70. The van der Waals surface area contributed by atoms with Crippen molar-refractivity contribution in [2.75, 3.05) is 6.61 Å². The van der Waals surface area contributed by atoms with Gasteiger partial charge in [-0.1, -0.05) is 38.1 Å². The third kappa shape index (κ3) is 5.30. The zero-order chi connectivity index (χ0) is 15.8. The lowest BCUT2D eigenvalue weighted by molar-refractivity contribution is -0.117. The molecule has 0 aliphatic heterocycles. The van der Waals surface area contributed by atoms with Crippen molar-refractivity contribution in [1.29, 1.82) is 0 Å². The Hall–Kier alpha value is -2.30. The minimum absolute atomic E-state index is 0.177. The first kappa shape index (κ1) is 16.8. The molecule has 4 N–H and O–H groups in total. The monoisotopic (exact) mass is 289 g/mol. The largest absolute Gasteiger partial charge is 0.494 e. The van der Waals surface area contributed by atoms with Crippen molar-refractivity contribution in [1.82, 2.24) is 0 Å². The fourth-order valence-corrected chi connectivity index (χ4v) is 2.12. The first-order chi connectivity index (χ1) is 9.97. The lowest BCUT2D eigenvalue weighted by atomic mass is 9.98. The van der Waals surface area contributed by atoms with E-state index in [1.807, 2.05) is 25.1 Å². The van der Waals surface area contributed by atoms with Gasteiger partial charge in [-0.3, -0.25) is 4.79 Å². The molecule has 0 bridgehead atoms. The summed E-state index contributed by atoms with van der Waals surface area (Å²) >= 11 is 0. The van der Waals surface area contributed by atoms with E-state index in [9.17, 15) is 4.79 Å². The number of aryl methyl sites for hydroxylation is 1. The van der Waals surface area contributed by atoms with Crippen molar-refractivity contribution in [3.63, 3.8) is 0 Å².